The Morgan fingerprint density at radius 1 is 1.00 bits per heavy atom. The highest BCUT2D eigenvalue weighted by atomic mass is 16.5. The van der Waals surface area contributed by atoms with E-state index in [1.165, 1.54) is 0 Å². The van der Waals surface area contributed by atoms with Crippen LogP contribution in [0, 0.1) is 0 Å². The van der Waals surface area contributed by atoms with E-state index in [1.54, 1.807) is 17.0 Å². The van der Waals surface area contributed by atoms with E-state index in [-0.39, 0.29) is 24.4 Å². The predicted molar refractivity (Wildman–Crippen MR) is 113 cm³/mol. The lowest BCUT2D eigenvalue weighted by molar-refractivity contribution is -0.161. The highest BCUT2D eigenvalue weighted by Gasteiger charge is 2.50. The van der Waals surface area contributed by atoms with Gasteiger partial charge in [-0.15, -0.1) is 0 Å². The summed E-state index contributed by atoms with van der Waals surface area (Å²) in [6.45, 7) is 0.340. The average molecular weight is 419 g/mol. The van der Waals surface area contributed by atoms with Crippen molar-refractivity contribution >= 4 is 17.5 Å². The molecule has 0 spiro atoms. The van der Waals surface area contributed by atoms with Crippen molar-refractivity contribution in [1.82, 2.24) is 15.3 Å². The molecular weight excluding hydrogens is 394 g/mol. The van der Waals surface area contributed by atoms with Crippen LogP contribution in [0.25, 0.3) is 0 Å². The first-order chi connectivity index (χ1) is 15.0. The second-order valence-corrected chi connectivity index (χ2v) is 8.50. The van der Waals surface area contributed by atoms with Crippen molar-refractivity contribution in [3.8, 4) is 5.75 Å². The Kier molecular flexibility index (Phi) is 5.08. The molecule has 3 atom stereocenters. The summed E-state index contributed by atoms with van der Waals surface area (Å²) in [5.74, 6) is -0.844. The minimum Gasteiger partial charge on any atom is -0.490 e. The molecule has 160 valence electrons. The van der Waals surface area contributed by atoms with Crippen LogP contribution in [0.15, 0.2) is 54.6 Å². The number of ketones is 2. The molecule has 5 rings (SSSR count). The lowest BCUT2D eigenvalue weighted by atomic mass is 9.82. The van der Waals surface area contributed by atoms with Crippen LogP contribution in [0.2, 0.25) is 0 Å². The number of hydrogen-bond acceptors (Lipinski definition) is 6. The van der Waals surface area contributed by atoms with Gasteiger partial charge in [0.15, 0.2) is 6.04 Å². The van der Waals surface area contributed by atoms with Crippen LogP contribution in [0.3, 0.4) is 0 Å². The molecular formula is C24H25N3O4. The third kappa shape index (κ3) is 3.75. The molecule has 7 heteroatoms. The van der Waals surface area contributed by atoms with Crippen LogP contribution in [0.1, 0.15) is 29.9 Å². The Balaban J connectivity index is 1.57. The van der Waals surface area contributed by atoms with Crippen molar-refractivity contribution in [2.75, 3.05) is 20.1 Å². The first-order valence-electron chi connectivity index (χ1n) is 10.7. The molecule has 2 aromatic rings. The van der Waals surface area contributed by atoms with E-state index < -0.39 is 17.6 Å². The molecule has 31 heavy (non-hydrogen) atoms. The second-order valence-electron chi connectivity index (χ2n) is 8.50. The number of amides is 1. The number of Topliss-reactive ketones (excluding diaryl/α,β-unsaturated/α-hetero) is 2. The second kappa shape index (κ2) is 7.90. The van der Waals surface area contributed by atoms with Gasteiger partial charge < -0.3 is 9.64 Å². The lowest BCUT2D eigenvalue weighted by Crippen LogP contribution is -2.73. The fourth-order valence-electron chi connectivity index (χ4n) is 4.55. The van der Waals surface area contributed by atoms with E-state index >= 15 is 0 Å². The van der Waals surface area contributed by atoms with Gasteiger partial charge >= 0.3 is 0 Å². The largest absolute Gasteiger partial charge is 0.490 e. The summed E-state index contributed by atoms with van der Waals surface area (Å²) in [4.78, 5) is 39.0. The Bertz CT molecular complexity index is 1020. The summed E-state index contributed by atoms with van der Waals surface area (Å²) in [6, 6.07) is 16.8. The van der Waals surface area contributed by atoms with Crippen LogP contribution >= 0.6 is 0 Å². The van der Waals surface area contributed by atoms with Gasteiger partial charge in [-0.2, -0.15) is 0 Å². The van der Waals surface area contributed by atoms with Crippen LogP contribution in [0.5, 0.6) is 5.75 Å². The minimum atomic E-state index is -1.12. The number of likely N-dealkylation sites (N-methyl/N-ethyl adjacent to an activating group) is 1. The molecule has 1 aliphatic carbocycles. The zero-order valence-electron chi connectivity index (χ0n) is 17.4. The summed E-state index contributed by atoms with van der Waals surface area (Å²) >= 11 is 0. The molecule has 2 heterocycles. The highest BCUT2D eigenvalue weighted by Crippen LogP contribution is 2.37. The van der Waals surface area contributed by atoms with Gasteiger partial charge in [0.05, 0.1) is 18.7 Å². The zero-order valence-corrected chi connectivity index (χ0v) is 17.4. The molecule has 7 nitrogen and oxygen atoms in total. The summed E-state index contributed by atoms with van der Waals surface area (Å²) < 4.78 is 6.02. The van der Waals surface area contributed by atoms with Gasteiger partial charge in [0.2, 0.25) is 17.5 Å². The molecule has 3 aliphatic rings. The van der Waals surface area contributed by atoms with Gasteiger partial charge in [0.1, 0.15) is 5.75 Å². The summed E-state index contributed by atoms with van der Waals surface area (Å²) in [5.41, 5.74) is 5.18. The van der Waals surface area contributed by atoms with E-state index in [1.807, 2.05) is 30.3 Å². The van der Waals surface area contributed by atoms with Gasteiger partial charge in [-0.25, -0.2) is 10.4 Å². The van der Waals surface area contributed by atoms with Crippen molar-refractivity contribution in [3.05, 3.63) is 65.7 Å². The minimum absolute atomic E-state index is 0.0881. The predicted octanol–water partition coefficient (Wildman–Crippen LogP) is 1.53. The van der Waals surface area contributed by atoms with E-state index in [9.17, 15) is 14.4 Å². The number of nitrogens with one attached hydrogen (secondary N) is 1. The van der Waals surface area contributed by atoms with Crippen LogP contribution in [0.4, 0.5) is 0 Å². The number of ether oxygens (including phenoxy) is 1. The zero-order chi connectivity index (χ0) is 21.5. The van der Waals surface area contributed by atoms with Crippen molar-refractivity contribution < 1.29 is 19.1 Å². The lowest BCUT2D eigenvalue weighted by Gasteiger charge is -2.48. The van der Waals surface area contributed by atoms with Gasteiger partial charge in [0.25, 0.3) is 0 Å². The van der Waals surface area contributed by atoms with Crippen LogP contribution in [-0.4, -0.2) is 65.7 Å². The van der Waals surface area contributed by atoms with Crippen molar-refractivity contribution in [1.29, 1.82) is 0 Å². The molecule has 3 fully saturated rings. The Morgan fingerprint density at radius 3 is 2.48 bits per heavy atom. The van der Waals surface area contributed by atoms with Crippen LogP contribution in [-0.2, 0) is 14.4 Å². The Hall–Kier alpha value is -3.03. The van der Waals surface area contributed by atoms with Crippen molar-refractivity contribution in [3.63, 3.8) is 0 Å². The van der Waals surface area contributed by atoms with Gasteiger partial charge in [-0.3, -0.25) is 14.4 Å². The molecule has 1 saturated carbocycles. The topological polar surface area (TPSA) is 79.0 Å². The van der Waals surface area contributed by atoms with Gasteiger partial charge in [0, 0.05) is 19.5 Å². The molecule has 1 amide bonds. The normalized spacial score (nSPS) is 25.3. The van der Waals surface area contributed by atoms with E-state index in [2.05, 4.69) is 29.7 Å². The maximum absolute atomic E-state index is 12.8. The summed E-state index contributed by atoms with van der Waals surface area (Å²) in [7, 11) is 1.69. The van der Waals surface area contributed by atoms with E-state index in [0.717, 1.165) is 29.7 Å². The standard InChI is InChI=1S/C24H25N3O4/c1-26-14-19(27-22(24(26)30)23(29)20(28)13-25-27)21(15-6-3-2-4-7-15)16-8-5-9-18(12-16)31-17-10-11-17/h2-9,12,17,19,21-22,25H,10-11,13-14H2,1H3. The number of carbonyl (C=O) groups excluding carboxylic acids is 3. The Morgan fingerprint density at radius 2 is 1.74 bits per heavy atom. The van der Waals surface area contributed by atoms with Crippen molar-refractivity contribution in [2.24, 2.45) is 0 Å². The molecule has 0 bridgehead atoms. The number of hydrogen-bond donors (Lipinski definition) is 1. The number of piperazine rings is 1. The smallest absolute Gasteiger partial charge is 0.249 e. The quantitative estimate of drug-likeness (QED) is 0.585. The number of nitrogens with zero attached hydrogens (tertiary/aromatic N) is 2. The number of benzene rings is 2. The molecule has 0 aromatic heterocycles. The maximum Gasteiger partial charge on any atom is 0.249 e. The monoisotopic (exact) mass is 419 g/mol. The molecule has 2 aromatic carbocycles. The summed E-state index contributed by atoms with van der Waals surface area (Å²) in [5, 5.41) is 1.71. The molecule has 1 N–H and O–H groups in total. The number of rotatable bonds is 5. The average Bonchev–Trinajstić information content (AvgIpc) is 3.59. The molecule has 0 radical (unpaired) electrons. The number of fused-ring (bicyclic) bond motifs is 1. The fraction of sp³-hybridized carbons (Fsp3) is 0.375. The third-order valence-corrected chi connectivity index (χ3v) is 6.24. The molecule has 2 saturated heterocycles. The molecule has 3 unspecified atom stereocenters. The first kappa shape index (κ1) is 19.9. The maximum atomic E-state index is 12.8. The van der Waals surface area contributed by atoms with Gasteiger partial charge in [-0.05, 0) is 36.1 Å². The third-order valence-electron chi connectivity index (χ3n) is 6.24. The SMILES string of the molecule is CN1CC(C(c2ccccc2)c2cccc(OC3CC3)c2)N2NCC(=O)C(=O)C2C1=O. The van der Waals surface area contributed by atoms with Crippen molar-refractivity contribution in [2.45, 2.75) is 36.9 Å². The first-order valence-corrected chi connectivity index (χ1v) is 10.7. The van der Waals surface area contributed by atoms with Crippen LogP contribution < -0.4 is 10.2 Å². The number of carbonyl (C=O) groups is 3. The highest BCUT2D eigenvalue weighted by molar-refractivity contribution is 6.44. The summed E-state index contributed by atoms with van der Waals surface area (Å²) in [6.07, 6.45) is 2.45. The fourth-order valence-corrected chi connectivity index (χ4v) is 4.55. The van der Waals surface area contributed by atoms with Gasteiger partial charge in [-0.1, -0.05) is 42.5 Å². The molecule has 2 aliphatic heterocycles. The van der Waals surface area contributed by atoms with E-state index in [4.69, 9.17) is 4.74 Å². The number of hydrazine groups is 1. The van der Waals surface area contributed by atoms with E-state index in [0.29, 0.717) is 12.6 Å². The Labute approximate surface area is 180 Å².